The summed E-state index contributed by atoms with van der Waals surface area (Å²) in [7, 11) is 0. The monoisotopic (exact) mass is 248 g/mol. The van der Waals surface area contributed by atoms with Crippen molar-refractivity contribution in [3.63, 3.8) is 0 Å². The normalized spacial score (nSPS) is 9.94. The maximum absolute atomic E-state index is 11.8. The minimum Gasteiger partial charge on any atom is -0.492 e. The Morgan fingerprint density at radius 1 is 1.41 bits per heavy atom. The van der Waals surface area contributed by atoms with Crippen molar-refractivity contribution >= 4 is 23.1 Å². The molecule has 5 heteroatoms. The van der Waals surface area contributed by atoms with Crippen molar-refractivity contribution in [2.24, 2.45) is 0 Å². The molecule has 0 saturated carbocycles. The molecule has 1 heterocycles. The van der Waals surface area contributed by atoms with Crippen LogP contribution in [-0.4, -0.2) is 16.9 Å². The van der Waals surface area contributed by atoms with Gasteiger partial charge in [-0.05, 0) is 36.7 Å². The average Bonchev–Trinajstić information content (AvgIpc) is 2.85. The third-order valence-electron chi connectivity index (χ3n) is 2.10. The Morgan fingerprint density at radius 2 is 2.24 bits per heavy atom. The van der Waals surface area contributed by atoms with Crippen LogP contribution in [0.4, 0.5) is 5.69 Å². The molecular formula is C12H12N2O2S. The Morgan fingerprint density at radius 3 is 2.94 bits per heavy atom. The highest BCUT2D eigenvalue weighted by Crippen LogP contribution is 2.24. The van der Waals surface area contributed by atoms with Crippen LogP contribution < -0.4 is 10.1 Å². The number of aromatic nitrogens is 1. The van der Waals surface area contributed by atoms with Gasteiger partial charge < -0.3 is 10.1 Å². The number of ether oxygens (including phenoxy) is 1. The summed E-state index contributed by atoms with van der Waals surface area (Å²) in [5.41, 5.74) is 0.674. The number of nitrogens with one attached hydrogen (secondary N) is 1. The van der Waals surface area contributed by atoms with Crippen LogP contribution in [-0.2, 0) is 0 Å². The molecule has 0 aliphatic heterocycles. The van der Waals surface area contributed by atoms with Gasteiger partial charge in [0.05, 0.1) is 12.3 Å². The summed E-state index contributed by atoms with van der Waals surface area (Å²) in [6.07, 6.45) is 1.61. The van der Waals surface area contributed by atoms with Crippen molar-refractivity contribution in [1.29, 1.82) is 0 Å². The van der Waals surface area contributed by atoms with Gasteiger partial charge in [-0.25, -0.2) is 4.37 Å². The van der Waals surface area contributed by atoms with Crippen molar-refractivity contribution in [2.75, 3.05) is 11.9 Å². The van der Waals surface area contributed by atoms with E-state index < -0.39 is 0 Å². The van der Waals surface area contributed by atoms with E-state index in [0.717, 1.165) is 0 Å². The first-order valence-corrected chi connectivity index (χ1v) is 6.02. The average molecular weight is 248 g/mol. The molecule has 1 amide bonds. The number of nitrogens with zero attached hydrogens (tertiary/aromatic N) is 1. The second-order valence-corrected chi connectivity index (χ2v) is 4.09. The number of hydrogen-bond acceptors (Lipinski definition) is 4. The van der Waals surface area contributed by atoms with E-state index >= 15 is 0 Å². The highest BCUT2D eigenvalue weighted by molar-refractivity contribution is 7.08. The number of carbonyl (C=O) groups is 1. The smallest absolute Gasteiger partial charge is 0.267 e. The molecule has 0 atom stereocenters. The Labute approximate surface area is 103 Å². The fraction of sp³-hybridized carbons (Fsp3) is 0.167. The van der Waals surface area contributed by atoms with E-state index in [1.165, 1.54) is 11.5 Å². The fourth-order valence-corrected chi connectivity index (χ4v) is 1.86. The lowest BCUT2D eigenvalue weighted by atomic mass is 10.3. The summed E-state index contributed by atoms with van der Waals surface area (Å²) in [6, 6.07) is 9.04. The molecule has 0 unspecified atom stereocenters. The number of anilines is 1. The predicted molar refractivity (Wildman–Crippen MR) is 67.7 cm³/mol. The zero-order valence-corrected chi connectivity index (χ0v) is 10.2. The van der Waals surface area contributed by atoms with Gasteiger partial charge in [0.15, 0.2) is 0 Å². The van der Waals surface area contributed by atoms with Crippen LogP contribution in [0.25, 0.3) is 0 Å². The van der Waals surface area contributed by atoms with Gasteiger partial charge in [-0.3, -0.25) is 4.79 Å². The summed E-state index contributed by atoms with van der Waals surface area (Å²) in [5, 5.41) is 2.80. The molecular weight excluding hydrogens is 236 g/mol. The van der Waals surface area contributed by atoms with Crippen molar-refractivity contribution in [3.05, 3.63) is 41.4 Å². The lowest BCUT2D eigenvalue weighted by Crippen LogP contribution is -2.11. The van der Waals surface area contributed by atoms with Gasteiger partial charge >= 0.3 is 0 Å². The molecule has 2 aromatic rings. The van der Waals surface area contributed by atoms with Crippen LogP contribution in [0.15, 0.2) is 36.5 Å². The third kappa shape index (κ3) is 2.82. The van der Waals surface area contributed by atoms with Gasteiger partial charge in [0.2, 0.25) is 0 Å². The van der Waals surface area contributed by atoms with E-state index in [0.29, 0.717) is 22.9 Å². The lowest BCUT2D eigenvalue weighted by molar-refractivity contribution is 0.103. The molecule has 1 N–H and O–H groups in total. The second kappa shape index (κ2) is 5.45. The Kier molecular flexibility index (Phi) is 3.72. The summed E-state index contributed by atoms with van der Waals surface area (Å²) in [6.45, 7) is 2.47. The molecule has 0 aliphatic carbocycles. The quantitative estimate of drug-likeness (QED) is 0.905. The van der Waals surface area contributed by atoms with Gasteiger partial charge in [-0.15, -0.1) is 0 Å². The molecule has 2 rings (SSSR count). The highest BCUT2D eigenvalue weighted by Gasteiger charge is 2.10. The topological polar surface area (TPSA) is 51.2 Å². The van der Waals surface area contributed by atoms with Crippen molar-refractivity contribution in [3.8, 4) is 5.75 Å². The van der Waals surface area contributed by atoms with E-state index in [1.807, 2.05) is 31.2 Å². The molecule has 0 fully saturated rings. The summed E-state index contributed by atoms with van der Waals surface area (Å²) in [5.74, 6) is 0.507. The first-order valence-electron chi connectivity index (χ1n) is 5.25. The van der Waals surface area contributed by atoms with Crippen LogP contribution in [0.1, 0.15) is 16.6 Å². The van der Waals surface area contributed by atoms with E-state index in [-0.39, 0.29) is 5.91 Å². The Bertz CT molecular complexity index is 497. The minimum atomic E-state index is -0.167. The van der Waals surface area contributed by atoms with E-state index in [1.54, 1.807) is 12.3 Å². The number of para-hydroxylation sites is 2. The summed E-state index contributed by atoms with van der Waals surface area (Å²) < 4.78 is 9.32. The highest BCUT2D eigenvalue weighted by atomic mass is 32.1. The van der Waals surface area contributed by atoms with Gasteiger partial charge in [-0.2, -0.15) is 0 Å². The maximum atomic E-state index is 11.8. The van der Waals surface area contributed by atoms with Crippen LogP contribution >= 0.6 is 11.5 Å². The number of rotatable bonds is 4. The van der Waals surface area contributed by atoms with Crippen LogP contribution in [0.5, 0.6) is 5.75 Å². The summed E-state index contributed by atoms with van der Waals surface area (Å²) >= 11 is 1.17. The first kappa shape index (κ1) is 11.6. The fourth-order valence-electron chi connectivity index (χ4n) is 1.37. The lowest BCUT2D eigenvalue weighted by Gasteiger charge is -2.10. The minimum absolute atomic E-state index is 0.167. The number of amides is 1. The molecule has 0 bridgehead atoms. The van der Waals surface area contributed by atoms with Crippen LogP contribution in [0.2, 0.25) is 0 Å². The molecule has 0 spiro atoms. The number of hydrogen-bond donors (Lipinski definition) is 1. The van der Waals surface area contributed by atoms with Gasteiger partial charge in [-0.1, -0.05) is 12.1 Å². The van der Waals surface area contributed by atoms with Gasteiger partial charge in [0.25, 0.3) is 5.91 Å². The van der Waals surface area contributed by atoms with E-state index in [2.05, 4.69) is 9.69 Å². The standard InChI is InChI=1S/C12H12N2O2S/c1-2-16-10-6-4-3-5-9(10)14-12(15)11-7-8-13-17-11/h3-8H,2H2,1H3,(H,14,15). The zero-order chi connectivity index (χ0) is 12.1. The van der Waals surface area contributed by atoms with Crippen molar-refractivity contribution in [1.82, 2.24) is 4.37 Å². The molecule has 0 aliphatic rings. The molecule has 1 aromatic carbocycles. The van der Waals surface area contributed by atoms with Crippen molar-refractivity contribution in [2.45, 2.75) is 6.92 Å². The Hall–Kier alpha value is -1.88. The van der Waals surface area contributed by atoms with Crippen LogP contribution in [0, 0.1) is 0 Å². The zero-order valence-electron chi connectivity index (χ0n) is 9.34. The number of benzene rings is 1. The van der Waals surface area contributed by atoms with E-state index in [9.17, 15) is 4.79 Å². The molecule has 0 radical (unpaired) electrons. The predicted octanol–water partition coefficient (Wildman–Crippen LogP) is 2.79. The maximum Gasteiger partial charge on any atom is 0.267 e. The van der Waals surface area contributed by atoms with E-state index in [4.69, 9.17) is 4.74 Å². The Balaban J connectivity index is 2.15. The molecule has 88 valence electrons. The molecule has 1 aromatic heterocycles. The molecule has 17 heavy (non-hydrogen) atoms. The third-order valence-corrected chi connectivity index (χ3v) is 2.84. The SMILES string of the molecule is CCOc1ccccc1NC(=O)c1ccns1. The summed E-state index contributed by atoms with van der Waals surface area (Å²) in [4.78, 5) is 12.4. The van der Waals surface area contributed by atoms with Crippen LogP contribution in [0.3, 0.4) is 0 Å². The second-order valence-electron chi connectivity index (χ2n) is 3.26. The van der Waals surface area contributed by atoms with Crippen molar-refractivity contribution < 1.29 is 9.53 Å². The molecule has 4 nitrogen and oxygen atoms in total. The molecule has 0 saturated heterocycles. The first-order chi connectivity index (χ1) is 8.31. The number of carbonyl (C=O) groups excluding carboxylic acids is 1. The van der Waals surface area contributed by atoms with Gasteiger partial charge in [0.1, 0.15) is 10.6 Å². The van der Waals surface area contributed by atoms with Gasteiger partial charge in [0, 0.05) is 6.20 Å². The largest absolute Gasteiger partial charge is 0.492 e.